The number of aliphatic hydroxyl groups is 1. The van der Waals surface area contributed by atoms with Gasteiger partial charge >= 0.3 is 0 Å². The van der Waals surface area contributed by atoms with Crippen molar-refractivity contribution in [3.8, 4) is 5.75 Å². The molecule has 166 valence electrons. The van der Waals surface area contributed by atoms with Crippen LogP contribution in [0.25, 0.3) is 0 Å². The van der Waals surface area contributed by atoms with Crippen LogP contribution >= 0.6 is 0 Å². The lowest BCUT2D eigenvalue weighted by atomic mass is 9.90. The van der Waals surface area contributed by atoms with E-state index >= 15 is 0 Å². The van der Waals surface area contributed by atoms with Crippen LogP contribution in [0.4, 0.5) is 0 Å². The molecule has 1 N–H and O–H groups in total. The summed E-state index contributed by atoms with van der Waals surface area (Å²) in [6.45, 7) is 0.794. The van der Waals surface area contributed by atoms with Gasteiger partial charge in [-0.1, -0.05) is 30.3 Å². The van der Waals surface area contributed by atoms with Crippen LogP contribution in [0.3, 0.4) is 0 Å². The number of ether oxygens (including phenoxy) is 2. The zero-order valence-corrected chi connectivity index (χ0v) is 18.7. The molecule has 1 saturated carbocycles. The lowest BCUT2D eigenvalue weighted by Gasteiger charge is -2.32. The molecule has 5 rings (SSSR count). The molecule has 2 aromatic rings. The highest BCUT2D eigenvalue weighted by Crippen LogP contribution is 2.44. The summed E-state index contributed by atoms with van der Waals surface area (Å²) in [7, 11) is -3.37. The molecule has 2 aromatic carbocycles. The molecule has 0 spiro atoms. The molecule has 5 nitrogen and oxygen atoms in total. The summed E-state index contributed by atoms with van der Waals surface area (Å²) in [5, 5.41) is 10.3. The van der Waals surface area contributed by atoms with E-state index in [1.54, 1.807) is 0 Å². The molecule has 1 aliphatic carbocycles. The fraction of sp³-hybridized carbons (Fsp3) is 0.520. The smallest absolute Gasteiger partial charge is 0.174 e. The Morgan fingerprint density at radius 1 is 1.10 bits per heavy atom. The minimum absolute atomic E-state index is 0.138. The van der Waals surface area contributed by atoms with E-state index in [2.05, 4.69) is 36.4 Å². The van der Waals surface area contributed by atoms with Crippen molar-refractivity contribution in [1.29, 1.82) is 0 Å². The van der Waals surface area contributed by atoms with E-state index in [1.165, 1.54) is 41.4 Å². The SMILES string of the molecule is CS(=O)(=O)C1CC(O)CC(c2ccc(C3CC3)c(Cc3ccc4c(c3)CCCO4)c2)O1. The van der Waals surface area contributed by atoms with Gasteiger partial charge in [0.05, 0.1) is 18.8 Å². The Morgan fingerprint density at radius 3 is 2.71 bits per heavy atom. The Morgan fingerprint density at radius 2 is 1.94 bits per heavy atom. The summed E-state index contributed by atoms with van der Waals surface area (Å²) in [5.41, 5.74) is 5.20. The van der Waals surface area contributed by atoms with E-state index in [0.29, 0.717) is 12.3 Å². The fourth-order valence-electron chi connectivity index (χ4n) is 4.87. The quantitative estimate of drug-likeness (QED) is 0.756. The number of benzene rings is 2. The molecule has 0 radical (unpaired) electrons. The molecule has 3 aliphatic rings. The topological polar surface area (TPSA) is 72.8 Å². The summed E-state index contributed by atoms with van der Waals surface area (Å²) in [6.07, 6.45) is 6.04. The van der Waals surface area contributed by atoms with E-state index < -0.39 is 27.5 Å². The van der Waals surface area contributed by atoms with Crippen LogP contribution in [0.5, 0.6) is 5.75 Å². The molecule has 0 amide bonds. The highest BCUT2D eigenvalue weighted by Gasteiger charge is 2.35. The molecule has 2 aliphatic heterocycles. The first kappa shape index (κ1) is 21.0. The minimum atomic E-state index is -3.37. The molecule has 31 heavy (non-hydrogen) atoms. The second-order valence-corrected chi connectivity index (χ2v) is 11.5. The molecule has 2 heterocycles. The van der Waals surface area contributed by atoms with Gasteiger partial charge in [0, 0.05) is 19.1 Å². The van der Waals surface area contributed by atoms with Crippen LogP contribution in [0.2, 0.25) is 0 Å². The van der Waals surface area contributed by atoms with Crippen LogP contribution in [-0.2, 0) is 27.4 Å². The summed E-state index contributed by atoms with van der Waals surface area (Å²) < 4.78 is 35.8. The minimum Gasteiger partial charge on any atom is -0.493 e. The van der Waals surface area contributed by atoms with Crippen molar-refractivity contribution >= 4 is 9.84 Å². The number of sulfone groups is 1. The van der Waals surface area contributed by atoms with Crippen molar-refractivity contribution in [2.45, 2.75) is 68.5 Å². The second kappa shape index (κ2) is 8.23. The maximum absolute atomic E-state index is 12.0. The van der Waals surface area contributed by atoms with Crippen LogP contribution in [-0.4, -0.2) is 37.9 Å². The zero-order chi connectivity index (χ0) is 21.6. The third kappa shape index (κ3) is 4.66. The van der Waals surface area contributed by atoms with E-state index in [9.17, 15) is 13.5 Å². The first-order chi connectivity index (χ1) is 14.9. The first-order valence-corrected chi connectivity index (χ1v) is 13.2. The summed E-state index contributed by atoms with van der Waals surface area (Å²) >= 11 is 0. The Bertz CT molecular complexity index is 1070. The normalized spacial score (nSPS) is 26.2. The Hall–Kier alpha value is -1.89. The van der Waals surface area contributed by atoms with Gasteiger partial charge in [-0.05, 0) is 71.9 Å². The lowest BCUT2D eigenvalue weighted by molar-refractivity contribution is -0.0641. The molecular formula is C25H30O5S. The maximum atomic E-state index is 12.0. The average Bonchev–Trinajstić information content (AvgIpc) is 3.58. The van der Waals surface area contributed by atoms with Gasteiger partial charge < -0.3 is 14.6 Å². The predicted octanol–water partition coefficient (Wildman–Crippen LogP) is 4.06. The molecule has 3 atom stereocenters. The molecule has 0 aromatic heterocycles. The van der Waals surface area contributed by atoms with Crippen LogP contribution in [0.1, 0.15) is 71.9 Å². The second-order valence-electron chi connectivity index (χ2n) is 9.31. The lowest BCUT2D eigenvalue weighted by Crippen LogP contribution is -2.36. The number of aryl methyl sites for hydroxylation is 1. The first-order valence-electron chi connectivity index (χ1n) is 11.3. The van der Waals surface area contributed by atoms with E-state index in [-0.39, 0.29) is 6.42 Å². The van der Waals surface area contributed by atoms with Gasteiger partial charge in [0.25, 0.3) is 0 Å². The number of hydrogen-bond donors (Lipinski definition) is 1. The molecular weight excluding hydrogens is 412 g/mol. The molecule has 0 bridgehead atoms. The van der Waals surface area contributed by atoms with E-state index in [0.717, 1.165) is 37.2 Å². The average molecular weight is 443 g/mol. The Balaban J connectivity index is 1.44. The van der Waals surface area contributed by atoms with Crippen molar-refractivity contribution in [1.82, 2.24) is 0 Å². The van der Waals surface area contributed by atoms with Crippen LogP contribution in [0, 0.1) is 0 Å². The van der Waals surface area contributed by atoms with Gasteiger partial charge in [-0.3, -0.25) is 0 Å². The monoisotopic (exact) mass is 442 g/mol. The highest BCUT2D eigenvalue weighted by molar-refractivity contribution is 7.91. The third-order valence-electron chi connectivity index (χ3n) is 6.67. The van der Waals surface area contributed by atoms with Gasteiger partial charge in [0.2, 0.25) is 0 Å². The van der Waals surface area contributed by atoms with Crippen molar-refractivity contribution in [2.75, 3.05) is 12.9 Å². The third-order valence-corrected chi connectivity index (χ3v) is 7.93. The Labute approximate surface area is 184 Å². The number of aliphatic hydroxyl groups excluding tert-OH is 1. The maximum Gasteiger partial charge on any atom is 0.174 e. The van der Waals surface area contributed by atoms with Gasteiger partial charge in [0.1, 0.15) is 5.75 Å². The van der Waals surface area contributed by atoms with Crippen molar-refractivity contribution < 1.29 is 23.0 Å². The van der Waals surface area contributed by atoms with Gasteiger partial charge in [0.15, 0.2) is 15.3 Å². The van der Waals surface area contributed by atoms with Crippen LogP contribution in [0.15, 0.2) is 36.4 Å². The molecule has 1 saturated heterocycles. The fourth-order valence-corrected chi connectivity index (χ4v) is 5.77. The van der Waals surface area contributed by atoms with E-state index in [1.807, 2.05) is 0 Å². The molecule has 6 heteroatoms. The number of rotatable bonds is 5. The van der Waals surface area contributed by atoms with Gasteiger partial charge in [-0.25, -0.2) is 8.42 Å². The highest BCUT2D eigenvalue weighted by atomic mass is 32.2. The van der Waals surface area contributed by atoms with E-state index in [4.69, 9.17) is 9.47 Å². The van der Waals surface area contributed by atoms with Crippen LogP contribution < -0.4 is 4.74 Å². The van der Waals surface area contributed by atoms with Crippen molar-refractivity contribution in [2.24, 2.45) is 0 Å². The summed E-state index contributed by atoms with van der Waals surface area (Å²) in [4.78, 5) is 0. The molecule has 3 unspecified atom stereocenters. The largest absolute Gasteiger partial charge is 0.493 e. The Kier molecular flexibility index (Phi) is 5.57. The number of fused-ring (bicyclic) bond motifs is 1. The standard InChI is InChI=1S/C25H30O5S/c1-31(27,28)25-15-21(26)14-24(30-25)19-7-8-22(17-5-6-17)20(13-19)12-16-4-9-23-18(11-16)3-2-10-29-23/h4,7-9,11,13,17,21,24-26H,2-3,5-6,10,12,14-15H2,1H3. The van der Waals surface area contributed by atoms with Crippen molar-refractivity contribution in [3.63, 3.8) is 0 Å². The predicted molar refractivity (Wildman–Crippen MR) is 119 cm³/mol. The molecule has 2 fully saturated rings. The van der Waals surface area contributed by atoms with Gasteiger partial charge in [-0.2, -0.15) is 0 Å². The summed E-state index contributed by atoms with van der Waals surface area (Å²) in [6, 6.07) is 12.9. The van der Waals surface area contributed by atoms with Crippen molar-refractivity contribution in [3.05, 3.63) is 64.2 Å². The zero-order valence-electron chi connectivity index (χ0n) is 17.9. The number of hydrogen-bond acceptors (Lipinski definition) is 5. The summed E-state index contributed by atoms with van der Waals surface area (Å²) in [5.74, 6) is 1.62. The van der Waals surface area contributed by atoms with Gasteiger partial charge in [-0.15, -0.1) is 0 Å².